The van der Waals surface area contributed by atoms with Crippen LogP contribution in [-0.4, -0.2) is 32.8 Å². The Morgan fingerprint density at radius 1 is 1.33 bits per heavy atom. The first-order valence-electron chi connectivity index (χ1n) is 7.75. The number of hydrogen-bond acceptors (Lipinski definition) is 3. The predicted octanol–water partition coefficient (Wildman–Crippen LogP) is 3.21. The Morgan fingerprint density at radius 3 is 2.57 bits per heavy atom. The summed E-state index contributed by atoms with van der Waals surface area (Å²) in [5, 5.41) is 0. The molecule has 0 radical (unpaired) electrons. The van der Waals surface area contributed by atoms with Gasteiger partial charge in [0.2, 0.25) is 0 Å². The van der Waals surface area contributed by atoms with E-state index in [1.165, 1.54) is 0 Å². The summed E-state index contributed by atoms with van der Waals surface area (Å²) in [6.45, 7) is 8.41. The molecule has 0 aliphatic heterocycles. The van der Waals surface area contributed by atoms with Gasteiger partial charge in [-0.1, -0.05) is 26.8 Å². The summed E-state index contributed by atoms with van der Waals surface area (Å²) in [4.78, 5) is 2.05. The van der Waals surface area contributed by atoms with Gasteiger partial charge in [0.05, 0.1) is 12.3 Å². The van der Waals surface area contributed by atoms with Crippen LogP contribution in [-0.2, 0) is 11.2 Å². The first-order chi connectivity index (χ1) is 9.97. The maximum absolute atomic E-state index is 14.4. The Labute approximate surface area is 128 Å². The number of methoxy groups -OCH3 is 1. The first kappa shape index (κ1) is 17.9. The third-order valence-corrected chi connectivity index (χ3v) is 3.53. The minimum Gasteiger partial charge on any atom is -0.383 e. The maximum atomic E-state index is 14.4. The van der Waals surface area contributed by atoms with Crippen molar-refractivity contribution in [3.8, 4) is 0 Å². The lowest BCUT2D eigenvalue weighted by molar-refractivity contribution is 0.204. The van der Waals surface area contributed by atoms with Crippen LogP contribution in [0.25, 0.3) is 0 Å². The maximum Gasteiger partial charge on any atom is 0.146 e. The fraction of sp³-hybridized carbons (Fsp3) is 0.647. The Morgan fingerprint density at radius 2 is 2.05 bits per heavy atom. The van der Waals surface area contributed by atoms with Gasteiger partial charge >= 0.3 is 0 Å². The van der Waals surface area contributed by atoms with Gasteiger partial charge in [-0.05, 0) is 36.5 Å². The number of benzene rings is 1. The number of rotatable bonds is 9. The highest BCUT2D eigenvalue weighted by Gasteiger charge is 2.14. The summed E-state index contributed by atoms with van der Waals surface area (Å²) in [6, 6.07) is 5.56. The van der Waals surface area contributed by atoms with Gasteiger partial charge in [-0.25, -0.2) is 4.39 Å². The zero-order valence-corrected chi connectivity index (χ0v) is 13.7. The van der Waals surface area contributed by atoms with Crippen molar-refractivity contribution in [1.29, 1.82) is 0 Å². The van der Waals surface area contributed by atoms with Crippen LogP contribution in [0.2, 0.25) is 0 Å². The molecule has 0 saturated heterocycles. The lowest BCUT2D eigenvalue weighted by atomic mass is 10.0. The summed E-state index contributed by atoms with van der Waals surface area (Å²) in [5.41, 5.74) is 7.54. The summed E-state index contributed by atoms with van der Waals surface area (Å²) >= 11 is 0. The highest BCUT2D eigenvalue weighted by atomic mass is 19.1. The summed E-state index contributed by atoms with van der Waals surface area (Å²) in [5.74, 6) is 0.294. The third-order valence-electron chi connectivity index (χ3n) is 3.53. The fourth-order valence-electron chi connectivity index (χ4n) is 2.33. The second kappa shape index (κ2) is 9.00. The molecule has 0 aromatic heterocycles. The van der Waals surface area contributed by atoms with E-state index in [-0.39, 0.29) is 11.9 Å². The van der Waals surface area contributed by atoms with Gasteiger partial charge in [0, 0.05) is 26.2 Å². The molecule has 1 atom stereocenters. The number of hydrogen-bond donors (Lipinski definition) is 1. The average Bonchev–Trinajstić information content (AvgIpc) is 2.43. The fourth-order valence-corrected chi connectivity index (χ4v) is 2.33. The lowest BCUT2D eigenvalue weighted by Gasteiger charge is -2.27. The van der Waals surface area contributed by atoms with Crippen LogP contribution in [0, 0.1) is 11.7 Å². The van der Waals surface area contributed by atoms with E-state index in [4.69, 9.17) is 10.5 Å². The normalized spacial score (nSPS) is 12.7. The molecule has 2 N–H and O–H groups in total. The molecule has 21 heavy (non-hydrogen) atoms. The van der Waals surface area contributed by atoms with Crippen molar-refractivity contribution in [1.82, 2.24) is 0 Å². The van der Waals surface area contributed by atoms with Crippen molar-refractivity contribution in [2.24, 2.45) is 11.7 Å². The van der Waals surface area contributed by atoms with Crippen LogP contribution in [0.15, 0.2) is 18.2 Å². The van der Waals surface area contributed by atoms with E-state index in [1.807, 2.05) is 24.0 Å². The highest BCUT2D eigenvalue weighted by Crippen LogP contribution is 2.22. The van der Waals surface area contributed by atoms with Crippen LogP contribution in [0.1, 0.15) is 32.8 Å². The topological polar surface area (TPSA) is 38.5 Å². The van der Waals surface area contributed by atoms with Crippen LogP contribution < -0.4 is 10.6 Å². The van der Waals surface area contributed by atoms with Crippen molar-refractivity contribution in [2.75, 3.05) is 31.7 Å². The van der Waals surface area contributed by atoms with Crippen LogP contribution in [0.4, 0.5) is 10.1 Å². The van der Waals surface area contributed by atoms with E-state index in [2.05, 4.69) is 13.8 Å². The molecular formula is C17H29FN2O. The van der Waals surface area contributed by atoms with E-state index in [9.17, 15) is 4.39 Å². The van der Waals surface area contributed by atoms with E-state index >= 15 is 0 Å². The highest BCUT2D eigenvalue weighted by molar-refractivity contribution is 5.49. The Kier molecular flexibility index (Phi) is 7.68. The largest absolute Gasteiger partial charge is 0.383 e. The van der Waals surface area contributed by atoms with Gasteiger partial charge in [-0.3, -0.25) is 0 Å². The molecule has 0 bridgehead atoms. The van der Waals surface area contributed by atoms with Gasteiger partial charge < -0.3 is 15.4 Å². The molecule has 1 unspecified atom stereocenters. The monoisotopic (exact) mass is 296 g/mol. The van der Waals surface area contributed by atoms with Gasteiger partial charge in [0.15, 0.2) is 0 Å². The summed E-state index contributed by atoms with van der Waals surface area (Å²) < 4.78 is 19.5. The molecule has 0 spiro atoms. The number of nitrogens with zero attached hydrogens (tertiary/aromatic N) is 1. The second-order valence-electron chi connectivity index (χ2n) is 5.99. The van der Waals surface area contributed by atoms with E-state index in [0.29, 0.717) is 24.8 Å². The molecule has 1 aromatic rings. The van der Waals surface area contributed by atoms with E-state index in [0.717, 1.165) is 24.9 Å². The number of anilines is 1. The van der Waals surface area contributed by atoms with Crippen molar-refractivity contribution in [3.63, 3.8) is 0 Å². The van der Waals surface area contributed by atoms with Gasteiger partial charge in [0.1, 0.15) is 5.82 Å². The van der Waals surface area contributed by atoms with Crippen molar-refractivity contribution in [3.05, 3.63) is 29.6 Å². The molecule has 0 fully saturated rings. The Bertz CT molecular complexity index is 423. The standard InChI is InChI=1S/C17H29FN2O/c1-5-15(19)10-14-6-7-17(16(18)11-14)20(8-9-21-4)12-13(2)3/h6-7,11,13,15H,5,8-10,12,19H2,1-4H3. The quantitative estimate of drug-likeness (QED) is 0.760. The molecule has 3 nitrogen and oxygen atoms in total. The average molecular weight is 296 g/mol. The predicted molar refractivity (Wildman–Crippen MR) is 87.3 cm³/mol. The Hall–Kier alpha value is -1.13. The second-order valence-corrected chi connectivity index (χ2v) is 5.99. The molecule has 0 amide bonds. The minimum atomic E-state index is -0.174. The van der Waals surface area contributed by atoms with Gasteiger partial charge in [-0.2, -0.15) is 0 Å². The molecule has 4 heteroatoms. The SMILES string of the molecule is CCC(N)Cc1ccc(N(CCOC)CC(C)C)c(F)c1. The number of nitrogens with two attached hydrogens (primary N) is 1. The van der Waals surface area contributed by atoms with Crippen molar-refractivity contribution < 1.29 is 9.13 Å². The summed E-state index contributed by atoms with van der Waals surface area (Å²) in [7, 11) is 1.67. The molecule has 0 heterocycles. The Balaban J connectivity index is 2.87. The first-order valence-corrected chi connectivity index (χ1v) is 7.75. The van der Waals surface area contributed by atoms with E-state index < -0.39 is 0 Å². The van der Waals surface area contributed by atoms with Crippen molar-refractivity contribution in [2.45, 2.75) is 39.7 Å². The zero-order valence-electron chi connectivity index (χ0n) is 13.7. The van der Waals surface area contributed by atoms with Gasteiger partial charge in [0.25, 0.3) is 0 Å². The van der Waals surface area contributed by atoms with Crippen LogP contribution in [0.5, 0.6) is 0 Å². The molecule has 1 rings (SSSR count). The molecule has 120 valence electrons. The minimum absolute atomic E-state index is 0.0931. The molecule has 1 aromatic carbocycles. The number of halogens is 1. The zero-order chi connectivity index (χ0) is 15.8. The molecule has 0 aliphatic carbocycles. The lowest BCUT2D eigenvalue weighted by Crippen LogP contribution is -2.31. The molecule has 0 aliphatic rings. The molecular weight excluding hydrogens is 267 g/mol. The smallest absolute Gasteiger partial charge is 0.146 e. The molecule has 0 saturated carbocycles. The van der Waals surface area contributed by atoms with Crippen LogP contribution in [0.3, 0.4) is 0 Å². The summed E-state index contributed by atoms with van der Waals surface area (Å²) in [6.07, 6.45) is 1.62. The van der Waals surface area contributed by atoms with E-state index in [1.54, 1.807) is 13.2 Å². The van der Waals surface area contributed by atoms with Gasteiger partial charge in [-0.15, -0.1) is 0 Å². The van der Waals surface area contributed by atoms with Crippen LogP contribution >= 0.6 is 0 Å². The number of ether oxygens (including phenoxy) is 1. The third kappa shape index (κ3) is 6.02. The van der Waals surface area contributed by atoms with Crippen molar-refractivity contribution >= 4 is 5.69 Å².